The molecule has 30 valence electrons. The predicted molar refractivity (Wildman–Crippen MR) is 27.1 cm³/mol. The summed E-state index contributed by atoms with van der Waals surface area (Å²) in [5.41, 5.74) is 3.38. The molecule has 2 heteroatoms. The number of rotatable bonds is 0. The summed E-state index contributed by atoms with van der Waals surface area (Å²) in [6.07, 6.45) is 1.48. The second-order valence-electron chi connectivity index (χ2n) is 1.03. The Kier molecular flexibility index (Phi) is 0.879. The van der Waals surface area contributed by atoms with Gasteiger partial charge in [-0.3, -0.25) is 0 Å². The van der Waals surface area contributed by atoms with E-state index in [4.69, 9.17) is 0 Å². The van der Waals surface area contributed by atoms with Crippen molar-refractivity contribution in [1.29, 1.82) is 0 Å². The van der Waals surface area contributed by atoms with Gasteiger partial charge in [-0.05, 0) is 26.2 Å². The summed E-state index contributed by atoms with van der Waals surface area (Å²) >= 11 is 0. The number of allylic oxidation sites excluding steroid dienone is 2. The van der Waals surface area contributed by atoms with Crippen molar-refractivity contribution in [2.45, 2.75) is 0 Å². The molecule has 1 aliphatic rings. The molecular formula is C4H3FSi. The highest BCUT2D eigenvalue weighted by Gasteiger charge is 1.83. The van der Waals surface area contributed by atoms with E-state index in [9.17, 15) is 4.39 Å². The van der Waals surface area contributed by atoms with Crippen LogP contribution in [0.5, 0.6) is 0 Å². The third kappa shape index (κ3) is 0.570. The van der Waals surface area contributed by atoms with Gasteiger partial charge in [0, 0.05) is 0 Å². The lowest BCUT2D eigenvalue weighted by molar-refractivity contribution is 0.691. The zero-order chi connectivity index (χ0) is 4.41. The zero-order valence-corrected chi connectivity index (χ0v) is 4.11. The molecule has 0 amide bonds. The summed E-state index contributed by atoms with van der Waals surface area (Å²) in [6, 6.07) is 0. The van der Waals surface area contributed by atoms with Gasteiger partial charge in [0.15, 0.2) is 0 Å². The highest BCUT2D eigenvalue weighted by Crippen LogP contribution is 1.87. The van der Waals surface area contributed by atoms with Crippen molar-refractivity contribution in [2.24, 2.45) is 0 Å². The second-order valence-corrected chi connectivity index (χ2v) is 1.98. The Morgan fingerprint density at radius 1 is 1.67 bits per heavy atom. The molecule has 0 aromatic carbocycles. The molecule has 1 heterocycles. The summed E-state index contributed by atoms with van der Waals surface area (Å²) in [4.78, 5) is 0. The van der Waals surface area contributed by atoms with E-state index in [1.807, 2.05) is 5.67 Å². The van der Waals surface area contributed by atoms with Crippen LogP contribution in [0.25, 0.3) is 0 Å². The van der Waals surface area contributed by atoms with Crippen molar-refractivity contribution in [3.63, 3.8) is 0 Å². The first-order chi connectivity index (χ1) is 2.89. The van der Waals surface area contributed by atoms with Crippen molar-refractivity contribution in [1.82, 2.24) is 0 Å². The average molecular weight is 98.2 g/mol. The van der Waals surface area contributed by atoms with E-state index in [1.165, 1.54) is 6.08 Å². The third-order valence-corrected chi connectivity index (χ3v) is 1.36. The van der Waals surface area contributed by atoms with E-state index in [0.29, 0.717) is 8.74 Å². The van der Waals surface area contributed by atoms with Crippen LogP contribution in [0.2, 0.25) is 0 Å². The van der Waals surface area contributed by atoms with Crippen LogP contribution in [0.15, 0.2) is 11.9 Å². The monoisotopic (exact) mass is 98.0 g/mol. The molecule has 0 aliphatic carbocycles. The van der Waals surface area contributed by atoms with Gasteiger partial charge in [0.2, 0.25) is 0 Å². The average Bonchev–Trinajstić information content (AvgIpc) is 1.86. The lowest BCUT2D eigenvalue weighted by Crippen LogP contribution is -1.64. The van der Waals surface area contributed by atoms with Crippen LogP contribution in [-0.4, -0.2) is 20.1 Å². The minimum atomic E-state index is -0.0895. The Hall–Kier alpha value is -0.373. The zero-order valence-electron chi connectivity index (χ0n) is 3.11. The summed E-state index contributed by atoms with van der Waals surface area (Å²) in [5.74, 6) is -0.0895. The Balaban J connectivity index is 2.88. The maximum absolute atomic E-state index is 11.7. The normalized spacial score (nSPS) is 15.8. The van der Waals surface area contributed by atoms with Gasteiger partial charge in [0.05, 0.1) is 0 Å². The van der Waals surface area contributed by atoms with Crippen molar-refractivity contribution in [3.8, 4) is 0 Å². The molecule has 0 aromatic rings. The van der Waals surface area contributed by atoms with Gasteiger partial charge in [0.25, 0.3) is 0 Å². The maximum atomic E-state index is 11.7. The van der Waals surface area contributed by atoms with Crippen molar-refractivity contribution in [2.75, 3.05) is 0 Å². The number of hydrogen-bond acceptors (Lipinski definition) is 0. The Bertz CT molecular complexity index is 140. The summed E-state index contributed by atoms with van der Waals surface area (Å²) in [7, 11) is 0.571. The molecular weight excluding hydrogens is 95.1 g/mol. The Morgan fingerprint density at radius 3 is 2.67 bits per heavy atom. The number of hydrogen-bond donors (Lipinski definition) is 0. The fourth-order valence-electron chi connectivity index (χ4n) is 0.304. The fourth-order valence-corrected chi connectivity index (χ4v) is 0.911. The van der Waals surface area contributed by atoms with Crippen molar-refractivity contribution < 1.29 is 4.39 Å². The molecule has 0 saturated carbocycles. The van der Waals surface area contributed by atoms with Gasteiger partial charge >= 0.3 is 0 Å². The van der Waals surface area contributed by atoms with Crippen LogP contribution in [0.4, 0.5) is 4.39 Å². The van der Waals surface area contributed by atoms with Crippen molar-refractivity contribution >= 4 is 20.1 Å². The van der Waals surface area contributed by atoms with E-state index in [1.54, 1.807) is 5.67 Å². The molecule has 1 rings (SSSR count). The molecule has 0 radical (unpaired) electrons. The quantitative estimate of drug-likeness (QED) is 0.379. The first kappa shape index (κ1) is 3.80. The maximum Gasteiger partial charge on any atom is 0.125 e. The molecule has 0 aromatic heterocycles. The van der Waals surface area contributed by atoms with E-state index >= 15 is 0 Å². The van der Waals surface area contributed by atoms with Gasteiger partial charge in [-0.15, -0.1) is 0 Å². The molecule has 6 heavy (non-hydrogen) atoms. The minimum absolute atomic E-state index is 0.0895. The smallest absolute Gasteiger partial charge is 0.125 e. The molecule has 1 aliphatic heterocycles. The van der Waals surface area contributed by atoms with Crippen LogP contribution in [-0.2, 0) is 0 Å². The van der Waals surface area contributed by atoms with Crippen LogP contribution in [0, 0.1) is 0 Å². The lowest BCUT2D eigenvalue weighted by atomic mass is 10.6. The summed E-state index contributed by atoms with van der Waals surface area (Å²) < 4.78 is 11.7. The molecule has 0 fully saturated rings. The largest absolute Gasteiger partial charge is 0.207 e. The van der Waals surface area contributed by atoms with Crippen molar-refractivity contribution in [3.05, 3.63) is 11.9 Å². The van der Waals surface area contributed by atoms with Crippen LogP contribution < -0.4 is 0 Å². The molecule has 0 spiro atoms. The van der Waals surface area contributed by atoms with Gasteiger partial charge in [-0.1, -0.05) is 0 Å². The van der Waals surface area contributed by atoms with Gasteiger partial charge in [-0.25, -0.2) is 4.39 Å². The molecule has 0 atom stereocenters. The third-order valence-electron chi connectivity index (χ3n) is 0.560. The standard InChI is InChI=1S/C4H3FSi/c5-4-1-2-6-3-4/h1-3H. The molecule has 0 bridgehead atoms. The minimum Gasteiger partial charge on any atom is -0.207 e. The predicted octanol–water partition coefficient (Wildman–Crippen LogP) is 0.162. The fraction of sp³-hybridized carbons (Fsp3) is 0. The van der Waals surface area contributed by atoms with E-state index in [2.05, 4.69) is 0 Å². The van der Waals surface area contributed by atoms with Gasteiger partial charge in [0.1, 0.15) is 5.83 Å². The molecule has 0 nitrogen and oxygen atoms in total. The highest BCUT2D eigenvalue weighted by molar-refractivity contribution is 6.61. The van der Waals surface area contributed by atoms with Gasteiger partial charge in [-0.2, -0.15) is 0 Å². The molecule has 0 saturated heterocycles. The molecule has 0 unspecified atom stereocenters. The van der Waals surface area contributed by atoms with Crippen LogP contribution in [0.3, 0.4) is 0 Å². The van der Waals surface area contributed by atoms with Crippen LogP contribution >= 0.6 is 0 Å². The van der Waals surface area contributed by atoms with E-state index in [-0.39, 0.29) is 5.83 Å². The lowest BCUT2D eigenvalue weighted by Gasteiger charge is -1.67. The summed E-state index contributed by atoms with van der Waals surface area (Å²) in [6.45, 7) is 0. The summed E-state index contributed by atoms with van der Waals surface area (Å²) in [5, 5.41) is 0. The first-order valence-corrected chi connectivity index (χ1v) is 2.83. The first-order valence-electron chi connectivity index (χ1n) is 1.68. The van der Waals surface area contributed by atoms with Crippen LogP contribution in [0.1, 0.15) is 0 Å². The Labute approximate surface area is 37.4 Å². The number of halogens is 1. The van der Waals surface area contributed by atoms with E-state index in [0.717, 1.165) is 0 Å². The SMILES string of the molecule is FC1=CC=[Si]=C1. The van der Waals surface area contributed by atoms with Gasteiger partial charge < -0.3 is 0 Å². The molecule has 0 N–H and O–H groups in total. The Morgan fingerprint density at radius 2 is 2.50 bits per heavy atom. The highest BCUT2D eigenvalue weighted by atomic mass is 28.1. The van der Waals surface area contributed by atoms with E-state index < -0.39 is 0 Å². The second kappa shape index (κ2) is 1.39. The topological polar surface area (TPSA) is 0 Å².